The molecule has 24 heavy (non-hydrogen) atoms. The number of rotatable bonds is 3. The Morgan fingerprint density at radius 2 is 1.42 bits per heavy atom. The van der Waals surface area contributed by atoms with Gasteiger partial charge in [-0.1, -0.05) is 12.6 Å². The Morgan fingerprint density at radius 3 is 1.75 bits per heavy atom. The number of thiol groups is 1. The van der Waals surface area contributed by atoms with Crippen molar-refractivity contribution in [1.29, 1.82) is 5.26 Å². The van der Waals surface area contributed by atoms with Gasteiger partial charge in [0.1, 0.15) is 5.40 Å². The van der Waals surface area contributed by atoms with E-state index in [1.165, 1.54) is 5.40 Å². The van der Waals surface area contributed by atoms with Gasteiger partial charge in [0.25, 0.3) is 0 Å². The van der Waals surface area contributed by atoms with Crippen molar-refractivity contribution in [2.45, 2.75) is 17.3 Å². The predicted octanol–water partition coefficient (Wildman–Crippen LogP) is 5.07. The zero-order valence-corrected chi connectivity index (χ0v) is 15.2. The number of hydrogen-bond acceptors (Lipinski definition) is 2. The van der Waals surface area contributed by atoms with Crippen LogP contribution in [-0.2, 0) is 16.6 Å². The van der Waals surface area contributed by atoms with E-state index in [-0.39, 0.29) is 0 Å². The molecule has 1 nitrogen and oxygen atoms in total. The summed E-state index contributed by atoms with van der Waals surface area (Å²) >= 11 is -1.48. The fraction of sp³-hybridized carbons (Fsp3) is 0.167. The van der Waals surface area contributed by atoms with Crippen LogP contribution in [0.15, 0.2) is 74.5 Å². The third-order valence-electron chi connectivity index (χ3n) is 4.14. The van der Waals surface area contributed by atoms with Crippen molar-refractivity contribution in [3.63, 3.8) is 0 Å². The van der Waals surface area contributed by atoms with E-state index in [1.807, 2.05) is 12.2 Å². The van der Waals surface area contributed by atoms with Gasteiger partial charge in [0, 0.05) is 0 Å². The zero-order valence-electron chi connectivity index (χ0n) is 12.8. The van der Waals surface area contributed by atoms with E-state index in [2.05, 4.69) is 12.6 Å². The topological polar surface area (TPSA) is 23.8 Å². The molecule has 2 aliphatic carbocycles. The Labute approximate surface area is 148 Å². The van der Waals surface area contributed by atoms with E-state index in [0.717, 1.165) is 0 Å². The number of nitriles is 1. The van der Waals surface area contributed by atoms with Gasteiger partial charge in [0.2, 0.25) is 0 Å². The standard InChI is InChI=1S/C6H5.2C5H5.CF3.CHNS.Ti/c1-2-4-6-5-3-1;2*1-2-4-5-3-1;2-1(3)4;2-1-3;/h1-5H;2*1-3H,4H2;;3H;. The first-order chi connectivity index (χ1) is 11.5. The number of hydrogen-bond donors (Lipinski definition) is 1. The van der Waals surface area contributed by atoms with E-state index >= 15 is 0 Å². The average molecular weight is 383 g/mol. The first-order valence-electron chi connectivity index (χ1n) is 7.36. The maximum Gasteiger partial charge on any atom is 0.130 e. The Bertz CT molecular complexity index is 710. The number of nitrogens with zero attached hydrogens (tertiary/aromatic N) is 1. The van der Waals surface area contributed by atoms with Crippen LogP contribution in [-0.4, -0.2) is 4.48 Å². The van der Waals surface area contributed by atoms with Crippen LogP contribution in [0.4, 0.5) is 13.2 Å². The van der Waals surface area contributed by atoms with Crippen molar-refractivity contribution in [1.82, 2.24) is 0 Å². The molecule has 0 saturated heterocycles. The summed E-state index contributed by atoms with van der Waals surface area (Å²) in [6, 6.07) is 8.52. The summed E-state index contributed by atoms with van der Waals surface area (Å²) in [5, 5.41) is 8.63. The minimum absolute atomic E-state index is 0.422. The molecule has 124 valence electrons. The average Bonchev–Trinajstić information content (AvgIpc) is 3.22. The Morgan fingerprint density at radius 1 is 0.958 bits per heavy atom. The monoisotopic (exact) mass is 383 g/mol. The maximum atomic E-state index is 14.3. The SMILES string of the molecule is F[C](F)(F)[Ti]([C]1=CC=CC1)([C]1=CC=CC1)[c]1ccccc1.N#CS. The maximum absolute atomic E-state index is 14.3. The summed E-state index contributed by atoms with van der Waals surface area (Å²) in [6.45, 7) is 0. The van der Waals surface area contributed by atoms with Gasteiger partial charge in [-0.25, -0.2) is 0 Å². The van der Waals surface area contributed by atoms with Crippen LogP contribution >= 0.6 is 12.6 Å². The number of halogens is 3. The molecule has 2 aliphatic rings. The molecular weight excluding hydrogens is 367 g/mol. The minimum Gasteiger partial charge on any atom is -0.185 e. The summed E-state index contributed by atoms with van der Waals surface area (Å²) in [6.07, 6.45) is 11.4. The molecule has 0 amide bonds. The molecule has 0 atom stereocenters. The Balaban J connectivity index is 0.000000647. The van der Waals surface area contributed by atoms with Gasteiger partial charge >= 0.3 is 125 Å². The smallest absolute Gasteiger partial charge is 0.130 e. The third kappa shape index (κ3) is 3.46. The second kappa shape index (κ2) is 8.07. The molecule has 0 aromatic heterocycles. The first-order valence-corrected chi connectivity index (χ1v) is 10.9. The van der Waals surface area contributed by atoms with Crippen LogP contribution in [0.5, 0.6) is 0 Å². The molecule has 1 aromatic rings. The molecule has 0 fully saturated rings. The number of alkyl halides is 3. The van der Waals surface area contributed by atoms with Crippen LogP contribution in [0.25, 0.3) is 0 Å². The van der Waals surface area contributed by atoms with Gasteiger partial charge in [-0.2, -0.15) is 5.26 Å². The second-order valence-electron chi connectivity index (χ2n) is 5.36. The number of thiocyanates is 1. The summed E-state index contributed by atoms with van der Waals surface area (Å²) in [5.74, 6) is 0. The summed E-state index contributed by atoms with van der Waals surface area (Å²) in [5.41, 5.74) is 0. The second-order valence-corrected chi connectivity index (χ2v) is 11.7. The van der Waals surface area contributed by atoms with Crippen molar-refractivity contribution >= 4 is 16.5 Å². The number of benzene rings is 1. The molecule has 0 saturated carbocycles. The Hall–Kier alpha value is -1.48. The van der Waals surface area contributed by atoms with Crippen LogP contribution in [0.3, 0.4) is 0 Å². The van der Waals surface area contributed by atoms with Crippen LogP contribution in [0.1, 0.15) is 12.8 Å². The van der Waals surface area contributed by atoms with Crippen LogP contribution < -0.4 is 3.87 Å². The molecule has 0 heterocycles. The molecule has 0 radical (unpaired) electrons. The van der Waals surface area contributed by atoms with Crippen LogP contribution in [0, 0.1) is 10.7 Å². The molecule has 0 spiro atoms. The largest absolute Gasteiger partial charge is 0.185 e. The van der Waals surface area contributed by atoms with Crippen molar-refractivity contribution in [2.75, 3.05) is 0 Å². The molecule has 3 rings (SSSR count). The van der Waals surface area contributed by atoms with Crippen molar-refractivity contribution in [3.05, 3.63) is 74.5 Å². The molecule has 0 aliphatic heterocycles. The van der Waals surface area contributed by atoms with Crippen LogP contribution in [0.2, 0.25) is 0 Å². The van der Waals surface area contributed by atoms with E-state index in [4.69, 9.17) is 5.26 Å². The fourth-order valence-electron chi connectivity index (χ4n) is 3.24. The molecule has 0 bridgehead atoms. The van der Waals surface area contributed by atoms with Crippen molar-refractivity contribution < 1.29 is 29.8 Å². The molecule has 0 N–H and O–H groups in total. The first kappa shape index (κ1) is 18.9. The van der Waals surface area contributed by atoms with Gasteiger partial charge in [-0.15, -0.1) is 0 Å². The predicted molar refractivity (Wildman–Crippen MR) is 90.4 cm³/mol. The van der Waals surface area contributed by atoms with Gasteiger partial charge in [-0.3, -0.25) is 0 Å². The molecule has 0 unspecified atom stereocenters. The molecule has 6 heteroatoms. The normalized spacial score (nSPS) is 16.1. The van der Waals surface area contributed by atoms with Gasteiger partial charge in [0.05, 0.1) is 0 Å². The molecule has 1 aromatic carbocycles. The zero-order chi connectivity index (χ0) is 17.6. The van der Waals surface area contributed by atoms with Gasteiger partial charge in [-0.05, 0) is 0 Å². The summed E-state index contributed by atoms with van der Waals surface area (Å²) in [4.78, 5) is 0. The minimum atomic E-state index is -4.57. The van der Waals surface area contributed by atoms with E-state index < -0.39 is 21.1 Å². The van der Waals surface area contributed by atoms with E-state index in [0.29, 0.717) is 24.5 Å². The summed E-state index contributed by atoms with van der Waals surface area (Å²) < 4.78 is 40.4. The van der Waals surface area contributed by atoms with Gasteiger partial charge in [0.15, 0.2) is 0 Å². The van der Waals surface area contributed by atoms with Gasteiger partial charge < -0.3 is 0 Å². The number of allylic oxidation sites excluding steroid dienone is 8. The third-order valence-corrected chi connectivity index (χ3v) is 11.5. The fourth-order valence-corrected chi connectivity index (χ4v) is 10.2. The summed E-state index contributed by atoms with van der Waals surface area (Å²) in [7, 11) is 0. The van der Waals surface area contributed by atoms with Crippen molar-refractivity contribution in [2.24, 2.45) is 0 Å². The quantitative estimate of drug-likeness (QED) is 0.440. The Kier molecular flexibility index (Phi) is 6.34. The van der Waals surface area contributed by atoms with E-state index in [1.54, 1.807) is 54.6 Å². The van der Waals surface area contributed by atoms with E-state index in [9.17, 15) is 13.2 Å². The van der Waals surface area contributed by atoms with Crippen molar-refractivity contribution in [3.8, 4) is 5.40 Å². The molecular formula is C18H16F3NSTi.